The number of amides is 1. The van der Waals surface area contributed by atoms with E-state index >= 15 is 0 Å². The Bertz CT molecular complexity index is 1410. The van der Waals surface area contributed by atoms with Crippen LogP contribution < -0.4 is 5.32 Å². The molecule has 9 nitrogen and oxygen atoms in total. The van der Waals surface area contributed by atoms with Gasteiger partial charge >= 0.3 is 12.1 Å². The number of ether oxygens (including phenoxy) is 5. The molecule has 0 saturated carbocycles. The Hall–Kier alpha value is -4.31. The van der Waals surface area contributed by atoms with Gasteiger partial charge in [-0.1, -0.05) is 78.9 Å². The van der Waals surface area contributed by atoms with Crippen LogP contribution in [-0.4, -0.2) is 54.8 Å². The van der Waals surface area contributed by atoms with Crippen molar-refractivity contribution >= 4 is 17.8 Å². The minimum absolute atomic E-state index is 0.0622. The van der Waals surface area contributed by atoms with Gasteiger partial charge in [-0.2, -0.15) is 0 Å². The average molecular weight is 572 g/mol. The van der Waals surface area contributed by atoms with Gasteiger partial charge in [-0.3, -0.25) is 4.79 Å². The molecule has 0 aromatic heterocycles. The summed E-state index contributed by atoms with van der Waals surface area (Å²) in [5, 5.41) is 2.72. The molecule has 4 atom stereocenters. The number of hydrogen-bond acceptors (Lipinski definition) is 8. The van der Waals surface area contributed by atoms with Crippen LogP contribution in [-0.2, 0) is 41.5 Å². The van der Waals surface area contributed by atoms with E-state index in [9.17, 15) is 14.4 Å². The lowest BCUT2D eigenvalue weighted by Crippen LogP contribution is -2.42. The summed E-state index contributed by atoms with van der Waals surface area (Å²) in [4.78, 5) is 39.1. The van der Waals surface area contributed by atoms with Crippen molar-refractivity contribution in [2.75, 3.05) is 6.61 Å². The Morgan fingerprint density at radius 3 is 2.14 bits per heavy atom. The molecule has 1 amide bonds. The molecule has 2 saturated heterocycles. The minimum Gasteiger partial charge on any atom is -0.459 e. The van der Waals surface area contributed by atoms with Gasteiger partial charge in [0, 0.05) is 6.42 Å². The molecule has 2 aliphatic heterocycles. The smallest absolute Gasteiger partial charge is 0.408 e. The van der Waals surface area contributed by atoms with Crippen LogP contribution in [0.5, 0.6) is 0 Å². The predicted octanol–water partition coefficient (Wildman–Crippen LogP) is 4.75. The zero-order chi connectivity index (χ0) is 29.5. The molecule has 1 unspecified atom stereocenters. The number of fused-ring (bicyclic) bond motifs is 1. The highest BCUT2D eigenvalue weighted by molar-refractivity contribution is 5.97. The molecule has 3 aromatic rings. The van der Waals surface area contributed by atoms with Crippen LogP contribution in [0.4, 0.5) is 4.79 Å². The maximum absolute atomic E-state index is 13.8. The van der Waals surface area contributed by atoms with Crippen molar-refractivity contribution < 1.29 is 38.1 Å². The zero-order valence-corrected chi connectivity index (χ0v) is 23.4. The lowest BCUT2D eigenvalue weighted by Gasteiger charge is -2.22. The lowest BCUT2D eigenvalue weighted by molar-refractivity contribution is -0.202. The van der Waals surface area contributed by atoms with Gasteiger partial charge in [-0.25, -0.2) is 9.59 Å². The Labute approximate surface area is 244 Å². The fraction of sp³-hybridized carbons (Fsp3) is 0.303. The summed E-state index contributed by atoms with van der Waals surface area (Å²) in [5.74, 6) is -1.84. The standard InChI is InChI=1S/C33H33NO8/c1-33(2)41-29-25(28(40-31(29)42-33)21-38-30(36)24-16-10-5-11-17-24)19-27(35)26(18-22-12-6-3-7-13-22)34-32(37)39-20-23-14-8-4-9-15-23/h3-17,19,26,28-29,31H,18,20-21H2,1-2H3,(H,34,37)/b25-19+/t26-,28+,29?,31+/m0/s1. The van der Waals surface area contributed by atoms with E-state index in [2.05, 4.69) is 5.32 Å². The minimum atomic E-state index is -0.940. The van der Waals surface area contributed by atoms with Crippen molar-refractivity contribution in [1.29, 1.82) is 0 Å². The summed E-state index contributed by atoms with van der Waals surface area (Å²) in [6.45, 7) is 3.41. The Morgan fingerprint density at radius 1 is 0.857 bits per heavy atom. The van der Waals surface area contributed by atoms with Gasteiger partial charge in [0.15, 0.2) is 17.9 Å². The van der Waals surface area contributed by atoms with Gasteiger partial charge in [-0.05, 0) is 48.8 Å². The molecule has 2 fully saturated rings. The number of rotatable bonds is 10. The van der Waals surface area contributed by atoms with Crippen LogP contribution in [0, 0.1) is 0 Å². The fourth-order valence-electron chi connectivity index (χ4n) is 4.84. The highest BCUT2D eigenvalue weighted by Gasteiger charge is 2.52. The molecule has 3 aromatic carbocycles. The molecule has 2 aliphatic rings. The van der Waals surface area contributed by atoms with E-state index in [0.717, 1.165) is 11.1 Å². The van der Waals surface area contributed by atoms with Crippen LogP contribution in [0.3, 0.4) is 0 Å². The van der Waals surface area contributed by atoms with Crippen molar-refractivity contribution in [1.82, 2.24) is 5.32 Å². The predicted molar refractivity (Wildman–Crippen MR) is 152 cm³/mol. The summed E-state index contributed by atoms with van der Waals surface area (Å²) in [6.07, 6.45) is -1.34. The van der Waals surface area contributed by atoms with E-state index in [1.165, 1.54) is 6.08 Å². The third-order valence-electron chi connectivity index (χ3n) is 6.87. The van der Waals surface area contributed by atoms with Gasteiger partial charge < -0.3 is 29.0 Å². The first kappa shape index (κ1) is 29.2. The van der Waals surface area contributed by atoms with Crippen LogP contribution in [0.25, 0.3) is 0 Å². The third kappa shape index (κ3) is 7.50. The van der Waals surface area contributed by atoms with Gasteiger partial charge in [0.1, 0.15) is 25.4 Å². The van der Waals surface area contributed by atoms with Gasteiger partial charge in [-0.15, -0.1) is 0 Å². The molecule has 0 spiro atoms. The molecule has 0 bridgehead atoms. The summed E-state index contributed by atoms with van der Waals surface area (Å²) < 4.78 is 28.9. The zero-order valence-electron chi connectivity index (χ0n) is 23.4. The molecule has 218 valence electrons. The molecular formula is C33H33NO8. The monoisotopic (exact) mass is 571 g/mol. The van der Waals surface area contributed by atoms with Crippen molar-refractivity contribution in [2.24, 2.45) is 0 Å². The van der Waals surface area contributed by atoms with Crippen LogP contribution in [0.1, 0.15) is 35.3 Å². The number of hydrogen-bond donors (Lipinski definition) is 1. The van der Waals surface area contributed by atoms with Crippen molar-refractivity contribution in [3.8, 4) is 0 Å². The Kier molecular flexibility index (Phi) is 9.12. The number of carbonyl (C=O) groups is 3. The maximum Gasteiger partial charge on any atom is 0.408 e. The third-order valence-corrected chi connectivity index (χ3v) is 6.87. The molecule has 2 heterocycles. The average Bonchev–Trinajstić information content (AvgIpc) is 3.47. The van der Waals surface area contributed by atoms with Gasteiger partial charge in [0.2, 0.25) is 0 Å². The first-order chi connectivity index (χ1) is 20.3. The second-order valence-electron chi connectivity index (χ2n) is 10.5. The summed E-state index contributed by atoms with van der Waals surface area (Å²) >= 11 is 0. The Morgan fingerprint density at radius 2 is 1.48 bits per heavy atom. The van der Waals surface area contributed by atoms with E-state index in [1.54, 1.807) is 44.2 Å². The van der Waals surface area contributed by atoms with E-state index in [1.807, 2.05) is 60.7 Å². The molecule has 1 N–H and O–H groups in total. The van der Waals surface area contributed by atoms with E-state index in [4.69, 9.17) is 23.7 Å². The molecule has 5 rings (SSSR count). The number of carbonyl (C=O) groups excluding carboxylic acids is 3. The molecule has 0 radical (unpaired) electrons. The highest BCUT2D eigenvalue weighted by atomic mass is 16.8. The summed E-state index contributed by atoms with van der Waals surface area (Å²) in [6, 6.07) is 26.3. The van der Waals surface area contributed by atoms with Crippen LogP contribution in [0.2, 0.25) is 0 Å². The first-order valence-electron chi connectivity index (χ1n) is 13.8. The normalized spacial score (nSPS) is 22.2. The van der Waals surface area contributed by atoms with E-state index in [-0.39, 0.29) is 25.4 Å². The second-order valence-corrected chi connectivity index (χ2v) is 10.5. The SMILES string of the molecule is CC1(C)OC2/C(=C/C(=O)[C@H](Cc3ccccc3)NC(=O)OCc3ccccc3)[C@@H](COC(=O)c3ccccc3)O[C@@H]2O1. The molecule has 0 aliphatic carbocycles. The quantitative estimate of drug-likeness (QED) is 0.274. The van der Waals surface area contributed by atoms with E-state index < -0.39 is 42.4 Å². The second kappa shape index (κ2) is 13.1. The fourth-order valence-corrected chi connectivity index (χ4v) is 4.84. The first-order valence-corrected chi connectivity index (χ1v) is 13.8. The molecule has 42 heavy (non-hydrogen) atoms. The van der Waals surface area contributed by atoms with Gasteiger partial charge in [0.05, 0.1) is 11.6 Å². The van der Waals surface area contributed by atoms with Gasteiger partial charge in [0.25, 0.3) is 0 Å². The largest absolute Gasteiger partial charge is 0.459 e. The number of alkyl carbamates (subject to hydrolysis) is 1. The van der Waals surface area contributed by atoms with Crippen molar-refractivity contribution in [3.05, 3.63) is 119 Å². The van der Waals surface area contributed by atoms with E-state index in [0.29, 0.717) is 11.1 Å². The highest BCUT2D eigenvalue weighted by Crippen LogP contribution is 2.40. The topological polar surface area (TPSA) is 109 Å². The molecule has 9 heteroatoms. The Balaban J connectivity index is 1.34. The number of nitrogens with one attached hydrogen (secondary N) is 1. The van der Waals surface area contributed by atoms with Crippen LogP contribution in [0.15, 0.2) is 103 Å². The maximum atomic E-state index is 13.8. The van der Waals surface area contributed by atoms with Crippen molar-refractivity contribution in [2.45, 2.75) is 57.2 Å². The number of esters is 1. The summed E-state index contributed by atoms with van der Waals surface area (Å²) in [7, 11) is 0. The summed E-state index contributed by atoms with van der Waals surface area (Å²) in [5.41, 5.74) is 2.54. The number of ketones is 1. The van der Waals surface area contributed by atoms with Crippen molar-refractivity contribution in [3.63, 3.8) is 0 Å². The number of benzene rings is 3. The molecular weight excluding hydrogens is 538 g/mol. The lowest BCUT2D eigenvalue weighted by atomic mass is 9.98. The van der Waals surface area contributed by atoms with Crippen LogP contribution >= 0.6 is 0 Å².